The molecule has 0 heterocycles. The molecule has 2 aromatic carbocycles. The minimum absolute atomic E-state index is 0.0765. The van der Waals surface area contributed by atoms with Crippen LogP contribution in [0.1, 0.15) is 10.4 Å². The normalized spacial score (nSPS) is 10.0. The quantitative estimate of drug-likeness (QED) is 0.657. The largest absolute Gasteiger partial charge is 0.321 e. The summed E-state index contributed by atoms with van der Waals surface area (Å²) in [5, 5.41) is 23.9. The second kappa shape index (κ2) is 6.31. The second-order valence-corrected chi connectivity index (χ2v) is 5.04. The van der Waals surface area contributed by atoms with Crippen LogP contribution >= 0.6 is 15.9 Å². The Morgan fingerprint density at radius 2 is 1.64 bits per heavy atom. The van der Waals surface area contributed by atoms with Gasteiger partial charge in [-0.1, -0.05) is 6.07 Å². The summed E-state index contributed by atoms with van der Waals surface area (Å²) in [6, 6.07) is 9.09. The third kappa shape index (κ3) is 3.44. The average molecular weight is 366 g/mol. The van der Waals surface area contributed by atoms with E-state index in [4.69, 9.17) is 0 Å². The van der Waals surface area contributed by atoms with Crippen LogP contribution in [0.4, 0.5) is 17.1 Å². The molecule has 0 aliphatic rings. The van der Waals surface area contributed by atoms with Crippen molar-refractivity contribution in [1.29, 1.82) is 0 Å². The van der Waals surface area contributed by atoms with Crippen LogP contribution < -0.4 is 5.32 Å². The molecule has 9 heteroatoms. The van der Waals surface area contributed by atoms with Gasteiger partial charge in [0.15, 0.2) is 0 Å². The maximum Gasteiger partial charge on any atom is 0.271 e. The molecule has 0 aliphatic heterocycles. The predicted molar refractivity (Wildman–Crippen MR) is 81.8 cm³/mol. The lowest BCUT2D eigenvalue weighted by molar-refractivity contribution is -0.385. The molecule has 112 valence electrons. The first-order valence-electron chi connectivity index (χ1n) is 5.88. The third-order valence-corrected chi connectivity index (χ3v) is 3.42. The van der Waals surface area contributed by atoms with Gasteiger partial charge in [0.1, 0.15) is 0 Å². The molecule has 0 saturated carbocycles. The molecule has 0 saturated heterocycles. The van der Waals surface area contributed by atoms with E-state index in [2.05, 4.69) is 21.2 Å². The molecule has 0 fully saturated rings. The number of nitrogens with one attached hydrogen (secondary N) is 1. The predicted octanol–water partition coefficient (Wildman–Crippen LogP) is 3.52. The van der Waals surface area contributed by atoms with Gasteiger partial charge in [0.05, 0.1) is 15.5 Å². The number of benzene rings is 2. The summed E-state index contributed by atoms with van der Waals surface area (Å²) in [6.07, 6.45) is 0. The van der Waals surface area contributed by atoms with E-state index >= 15 is 0 Å². The van der Waals surface area contributed by atoms with Gasteiger partial charge >= 0.3 is 0 Å². The number of halogens is 1. The molecule has 1 N–H and O–H groups in total. The lowest BCUT2D eigenvalue weighted by atomic mass is 10.2. The number of carbonyl (C=O) groups is 1. The van der Waals surface area contributed by atoms with Crippen molar-refractivity contribution in [2.45, 2.75) is 0 Å². The molecule has 22 heavy (non-hydrogen) atoms. The van der Waals surface area contributed by atoms with E-state index in [9.17, 15) is 25.0 Å². The highest BCUT2D eigenvalue weighted by Crippen LogP contribution is 2.27. The van der Waals surface area contributed by atoms with Gasteiger partial charge in [0.2, 0.25) is 0 Å². The van der Waals surface area contributed by atoms with Crippen molar-refractivity contribution >= 4 is 38.9 Å². The van der Waals surface area contributed by atoms with Crippen molar-refractivity contribution in [3.05, 3.63) is 72.7 Å². The minimum atomic E-state index is -0.611. The number of hydrogen-bond donors (Lipinski definition) is 1. The van der Waals surface area contributed by atoms with Crippen LogP contribution in [0, 0.1) is 20.2 Å². The highest BCUT2D eigenvalue weighted by Gasteiger charge is 2.15. The van der Waals surface area contributed by atoms with E-state index in [-0.39, 0.29) is 22.6 Å². The summed E-state index contributed by atoms with van der Waals surface area (Å²) in [5.41, 5.74) is -0.124. The Bertz CT molecular complexity index is 778. The number of anilines is 1. The molecule has 0 spiro atoms. The number of non-ortho nitro benzene ring substituents is 2. The molecular formula is C13H8BrN3O5. The fraction of sp³-hybridized carbons (Fsp3) is 0. The second-order valence-electron chi connectivity index (χ2n) is 4.18. The molecular weight excluding hydrogens is 358 g/mol. The fourth-order valence-corrected chi connectivity index (χ4v) is 2.02. The maximum atomic E-state index is 12.1. The standard InChI is InChI=1S/C13H8BrN3O5/c14-11-5-4-10(17(21)22)7-12(11)15-13(18)8-2-1-3-9(6-8)16(19)20/h1-7H,(H,15,18). The van der Waals surface area contributed by atoms with E-state index in [1.54, 1.807) is 0 Å². The Hall–Kier alpha value is -2.81. The molecule has 0 atom stereocenters. The Morgan fingerprint density at radius 3 is 2.27 bits per heavy atom. The number of nitro benzene ring substituents is 2. The van der Waals surface area contributed by atoms with Crippen LogP contribution in [0.3, 0.4) is 0 Å². The highest BCUT2D eigenvalue weighted by atomic mass is 79.9. The van der Waals surface area contributed by atoms with Crippen molar-refractivity contribution in [2.24, 2.45) is 0 Å². The summed E-state index contributed by atoms with van der Waals surface area (Å²) in [6.45, 7) is 0. The minimum Gasteiger partial charge on any atom is -0.321 e. The summed E-state index contributed by atoms with van der Waals surface area (Å²) in [7, 11) is 0. The SMILES string of the molecule is O=C(Nc1cc([N+](=O)[O-])ccc1Br)c1cccc([N+](=O)[O-])c1. The smallest absolute Gasteiger partial charge is 0.271 e. The number of rotatable bonds is 4. The molecule has 0 radical (unpaired) electrons. The first-order chi connectivity index (χ1) is 10.4. The average Bonchev–Trinajstić information content (AvgIpc) is 2.49. The van der Waals surface area contributed by atoms with Gasteiger partial charge in [0, 0.05) is 34.3 Å². The van der Waals surface area contributed by atoms with Crippen molar-refractivity contribution in [3.63, 3.8) is 0 Å². The third-order valence-electron chi connectivity index (χ3n) is 2.73. The molecule has 2 aromatic rings. The molecule has 0 aliphatic carbocycles. The zero-order valence-corrected chi connectivity index (χ0v) is 12.4. The molecule has 0 bridgehead atoms. The van der Waals surface area contributed by atoms with Gasteiger partial charge in [-0.05, 0) is 28.1 Å². The highest BCUT2D eigenvalue weighted by molar-refractivity contribution is 9.10. The zero-order chi connectivity index (χ0) is 16.3. The Balaban J connectivity index is 2.29. The number of amides is 1. The zero-order valence-electron chi connectivity index (χ0n) is 10.9. The van der Waals surface area contributed by atoms with E-state index < -0.39 is 15.8 Å². The van der Waals surface area contributed by atoms with Crippen molar-refractivity contribution in [1.82, 2.24) is 0 Å². The first-order valence-corrected chi connectivity index (χ1v) is 6.67. The van der Waals surface area contributed by atoms with E-state index in [1.807, 2.05) is 0 Å². The topological polar surface area (TPSA) is 115 Å². The summed E-state index contributed by atoms with van der Waals surface area (Å²) in [4.78, 5) is 32.3. The van der Waals surface area contributed by atoms with E-state index in [0.29, 0.717) is 4.47 Å². The van der Waals surface area contributed by atoms with Crippen molar-refractivity contribution in [2.75, 3.05) is 5.32 Å². The van der Waals surface area contributed by atoms with Crippen LogP contribution in [0.15, 0.2) is 46.9 Å². The first kappa shape index (κ1) is 15.6. The Morgan fingerprint density at radius 1 is 1.00 bits per heavy atom. The maximum absolute atomic E-state index is 12.1. The number of hydrogen-bond acceptors (Lipinski definition) is 5. The van der Waals surface area contributed by atoms with Crippen LogP contribution in [0.2, 0.25) is 0 Å². The van der Waals surface area contributed by atoms with Crippen LogP contribution in [-0.2, 0) is 0 Å². The van der Waals surface area contributed by atoms with Crippen LogP contribution in [-0.4, -0.2) is 15.8 Å². The summed E-state index contributed by atoms with van der Waals surface area (Å²) in [5.74, 6) is -0.607. The summed E-state index contributed by atoms with van der Waals surface area (Å²) >= 11 is 3.17. The monoisotopic (exact) mass is 365 g/mol. The van der Waals surface area contributed by atoms with Crippen LogP contribution in [0.5, 0.6) is 0 Å². The molecule has 0 unspecified atom stereocenters. The lowest BCUT2D eigenvalue weighted by Gasteiger charge is -2.07. The van der Waals surface area contributed by atoms with Gasteiger partial charge in [-0.25, -0.2) is 0 Å². The lowest BCUT2D eigenvalue weighted by Crippen LogP contribution is -2.12. The number of nitrogens with zero attached hydrogens (tertiary/aromatic N) is 2. The number of carbonyl (C=O) groups excluding carboxylic acids is 1. The Labute approximate surface area is 132 Å². The van der Waals surface area contributed by atoms with Crippen molar-refractivity contribution in [3.8, 4) is 0 Å². The van der Waals surface area contributed by atoms with Gasteiger partial charge in [-0.2, -0.15) is 0 Å². The van der Waals surface area contributed by atoms with Gasteiger partial charge < -0.3 is 5.32 Å². The van der Waals surface area contributed by atoms with Gasteiger partial charge in [-0.3, -0.25) is 25.0 Å². The molecule has 2 rings (SSSR count). The van der Waals surface area contributed by atoms with Gasteiger partial charge in [-0.15, -0.1) is 0 Å². The van der Waals surface area contributed by atoms with Gasteiger partial charge in [0.25, 0.3) is 17.3 Å². The van der Waals surface area contributed by atoms with E-state index in [1.165, 1.54) is 36.4 Å². The van der Waals surface area contributed by atoms with Crippen molar-refractivity contribution < 1.29 is 14.6 Å². The molecule has 1 amide bonds. The fourth-order valence-electron chi connectivity index (χ4n) is 1.68. The molecule has 8 nitrogen and oxygen atoms in total. The number of nitro groups is 2. The Kier molecular flexibility index (Phi) is 4.47. The van der Waals surface area contributed by atoms with Crippen LogP contribution in [0.25, 0.3) is 0 Å². The van der Waals surface area contributed by atoms with E-state index in [0.717, 1.165) is 6.07 Å². The summed E-state index contributed by atoms with van der Waals surface area (Å²) < 4.78 is 0.455. The molecule has 0 aromatic heterocycles.